The number of piperidine rings is 1. The van der Waals surface area contributed by atoms with E-state index in [-0.39, 0.29) is 11.9 Å². The summed E-state index contributed by atoms with van der Waals surface area (Å²) in [6.07, 6.45) is 6.92. The van der Waals surface area contributed by atoms with E-state index in [0.29, 0.717) is 6.61 Å². The Hall–Kier alpha value is -2.33. The summed E-state index contributed by atoms with van der Waals surface area (Å²) in [5.74, 6) is 0.0631. The maximum absolute atomic E-state index is 12.0. The molecule has 1 heterocycles. The molecule has 1 unspecified atom stereocenters. The molecule has 162 valence electrons. The molecule has 4 nitrogen and oxygen atoms in total. The second kappa shape index (κ2) is 12.4. The quantitative estimate of drug-likeness (QED) is 0.355. The number of anilines is 2. The van der Waals surface area contributed by atoms with Crippen molar-refractivity contribution in [2.75, 3.05) is 37.7 Å². The van der Waals surface area contributed by atoms with Crippen LogP contribution < -0.4 is 4.90 Å². The van der Waals surface area contributed by atoms with Gasteiger partial charge >= 0.3 is 5.97 Å². The van der Waals surface area contributed by atoms with Crippen molar-refractivity contribution in [1.29, 1.82) is 0 Å². The summed E-state index contributed by atoms with van der Waals surface area (Å²) in [6.45, 7) is 6.48. The summed E-state index contributed by atoms with van der Waals surface area (Å²) in [7, 11) is 0. The van der Waals surface area contributed by atoms with Gasteiger partial charge < -0.3 is 14.5 Å². The van der Waals surface area contributed by atoms with Gasteiger partial charge in [-0.15, -0.1) is 0 Å². The lowest BCUT2D eigenvalue weighted by atomic mass is 9.98. The number of likely N-dealkylation sites (tertiary alicyclic amines) is 1. The van der Waals surface area contributed by atoms with Crippen molar-refractivity contribution >= 4 is 17.3 Å². The third-order valence-electron chi connectivity index (χ3n) is 5.87. The first-order valence-corrected chi connectivity index (χ1v) is 11.5. The Kier molecular flexibility index (Phi) is 9.23. The van der Waals surface area contributed by atoms with Gasteiger partial charge in [0.25, 0.3) is 0 Å². The van der Waals surface area contributed by atoms with E-state index < -0.39 is 0 Å². The smallest absolute Gasteiger partial charge is 0.310 e. The molecule has 1 saturated heterocycles. The zero-order chi connectivity index (χ0) is 21.0. The molecule has 1 fully saturated rings. The highest BCUT2D eigenvalue weighted by Crippen LogP contribution is 2.25. The van der Waals surface area contributed by atoms with Gasteiger partial charge in [0.2, 0.25) is 0 Å². The van der Waals surface area contributed by atoms with E-state index in [1.807, 2.05) is 6.92 Å². The van der Waals surface area contributed by atoms with Crippen LogP contribution >= 0.6 is 0 Å². The number of hydrogen-bond acceptors (Lipinski definition) is 4. The molecular weight excluding hydrogens is 372 g/mol. The van der Waals surface area contributed by atoms with Gasteiger partial charge in [-0.05, 0) is 70.0 Å². The summed E-state index contributed by atoms with van der Waals surface area (Å²) in [5.41, 5.74) is 2.50. The zero-order valence-corrected chi connectivity index (χ0v) is 18.3. The van der Waals surface area contributed by atoms with Gasteiger partial charge in [0.05, 0.1) is 12.5 Å². The minimum atomic E-state index is -0.0101. The fourth-order valence-corrected chi connectivity index (χ4v) is 4.29. The van der Waals surface area contributed by atoms with Crippen molar-refractivity contribution in [1.82, 2.24) is 4.90 Å². The number of esters is 1. The molecule has 4 heteroatoms. The summed E-state index contributed by atoms with van der Waals surface area (Å²) in [6, 6.07) is 21.3. The predicted octanol–water partition coefficient (Wildman–Crippen LogP) is 5.66. The fourth-order valence-electron chi connectivity index (χ4n) is 4.29. The Morgan fingerprint density at radius 3 is 2.23 bits per heavy atom. The van der Waals surface area contributed by atoms with Crippen molar-refractivity contribution in [3.05, 3.63) is 60.7 Å². The molecule has 30 heavy (non-hydrogen) atoms. The molecule has 2 aromatic carbocycles. The monoisotopic (exact) mass is 408 g/mol. The van der Waals surface area contributed by atoms with Crippen LogP contribution in [0.4, 0.5) is 11.4 Å². The van der Waals surface area contributed by atoms with Gasteiger partial charge in [0.15, 0.2) is 0 Å². The number of carbonyl (C=O) groups excluding carboxylic acids is 1. The molecule has 0 spiro atoms. The van der Waals surface area contributed by atoms with E-state index in [1.54, 1.807) is 0 Å². The van der Waals surface area contributed by atoms with Gasteiger partial charge in [-0.3, -0.25) is 4.79 Å². The zero-order valence-electron chi connectivity index (χ0n) is 18.3. The Morgan fingerprint density at radius 1 is 0.967 bits per heavy atom. The van der Waals surface area contributed by atoms with Crippen molar-refractivity contribution in [2.45, 2.75) is 45.4 Å². The van der Waals surface area contributed by atoms with Gasteiger partial charge in [-0.25, -0.2) is 0 Å². The van der Waals surface area contributed by atoms with Crippen LogP contribution in [0.5, 0.6) is 0 Å². The summed E-state index contributed by atoms with van der Waals surface area (Å²) >= 11 is 0. The average molecular weight is 409 g/mol. The number of ether oxygens (including phenoxy) is 1. The fraction of sp³-hybridized carbons (Fsp3) is 0.500. The third kappa shape index (κ3) is 6.88. The lowest BCUT2D eigenvalue weighted by molar-refractivity contribution is -0.149. The van der Waals surface area contributed by atoms with Crippen molar-refractivity contribution in [2.24, 2.45) is 5.92 Å². The minimum absolute atomic E-state index is 0.0101. The average Bonchev–Trinajstić information content (AvgIpc) is 2.80. The molecule has 1 atom stereocenters. The molecule has 3 rings (SSSR count). The van der Waals surface area contributed by atoms with Crippen LogP contribution in [-0.2, 0) is 9.53 Å². The Morgan fingerprint density at radius 2 is 1.60 bits per heavy atom. The first kappa shape index (κ1) is 22.4. The standard InChI is InChI=1S/C26H36N2O2/c1-2-30-26(29)23-14-13-20-27(22-23)19-11-3-4-12-21-28(24-15-7-5-8-16-24)25-17-9-6-10-18-25/h5-10,15-18,23H,2-4,11-14,19-22H2,1H3. The maximum Gasteiger partial charge on any atom is 0.310 e. The Balaban J connectivity index is 1.39. The van der Waals surface area contributed by atoms with Crippen molar-refractivity contribution < 1.29 is 9.53 Å². The van der Waals surface area contributed by atoms with Crippen molar-refractivity contribution in [3.8, 4) is 0 Å². The first-order chi connectivity index (χ1) is 14.8. The summed E-state index contributed by atoms with van der Waals surface area (Å²) < 4.78 is 5.21. The third-order valence-corrected chi connectivity index (χ3v) is 5.87. The van der Waals surface area contributed by atoms with E-state index in [0.717, 1.165) is 39.0 Å². The lowest BCUT2D eigenvalue weighted by Gasteiger charge is -2.31. The SMILES string of the molecule is CCOC(=O)C1CCCN(CCCCCCN(c2ccccc2)c2ccccc2)C1. The van der Waals surface area contributed by atoms with Crippen LogP contribution in [0.25, 0.3) is 0 Å². The van der Waals surface area contributed by atoms with E-state index in [4.69, 9.17) is 4.74 Å². The largest absolute Gasteiger partial charge is 0.466 e. The van der Waals surface area contributed by atoms with E-state index in [2.05, 4.69) is 70.5 Å². The Bertz CT molecular complexity index is 696. The predicted molar refractivity (Wildman–Crippen MR) is 124 cm³/mol. The molecule has 1 aliphatic rings. The highest BCUT2D eigenvalue weighted by atomic mass is 16.5. The molecule has 0 aromatic heterocycles. The molecule has 0 amide bonds. The first-order valence-electron chi connectivity index (χ1n) is 11.5. The van der Waals surface area contributed by atoms with Crippen LogP contribution in [-0.4, -0.2) is 43.7 Å². The molecule has 0 N–H and O–H groups in total. The van der Waals surface area contributed by atoms with Gasteiger partial charge in [-0.2, -0.15) is 0 Å². The van der Waals surface area contributed by atoms with Crippen LogP contribution in [0, 0.1) is 5.92 Å². The second-order valence-electron chi connectivity index (χ2n) is 8.13. The molecule has 2 aromatic rings. The number of nitrogens with zero attached hydrogens (tertiary/aromatic N) is 2. The van der Waals surface area contributed by atoms with E-state index in [1.165, 1.54) is 37.1 Å². The minimum Gasteiger partial charge on any atom is -0.466 e. The maximum atomic E-state index is 12.0. The lowest BCUT2D eigenvalue weighted by Crippen LogP contribution is -2.39. The molecule has 0 saturated carbocycles. The number of rotatable bonds is 11. The molecule has 0 radical (unpaired) electrons. The highest BCUT2D eigenvalue weighted by Gasteiger charge is 2.26. The molecule has 1 aliphatic heterocycles. The topological polar surface area (TPSA) is 32.8 Å². The second-order valence-corrected chi connectivity index (χ2v) is 8.13. The van der Waals surface area contributed by atoms with Gasteiger partial charge in [-0.1, -0.05) is 49.2 Å². The van der Waals surface area contributed by atoms with E-state index >= 15 is 0 Å². The van der Waals surface area contributed by atoms with Crippen LogP contribution in [0.1, 0.15) is 45.4 Å². The number of para-hydroxylation sites is 2. The van der Waals surface area contributed by atoms with Gasteiger partial charge in [0, 0.05) is 24.5 Å². The summed E-state index contributed by atoms with van der Waals surface area (Å²) in [4.78, 5) is 16.9. The van der Waals surface area contributed by atoms with Gasteiger partial charge in [0.1, 0.15) is 0 Å². The number of hydrogen-bond donors (Lipinski definition) is 0. The van der Waals surface area contributed by atoms with E-state index in [9.17, 15) is 4.79 Å². The van der Waals surface area contributed by atoms with Crippen molar-refractivity contribution in [3.63, 3.8) is 0 Å². The number of benzene rings is 2. The summed E-state index contributed by atoms with van der Waals surface area (Å²) in [5, 5.41) is 0. The van der Waals surface area contributed by atoms with Crippen LogP contribution in [0.15, 0.2) is 60.7 Å². The number of carbonyl (C=O) groups is 1. The Labute approximate surface area is 181 Å². The molecule has 0 bridgehead atoms. The van der Waals surface area contributed by atoms with Crippen LogP contribution in [0.2, 0.25) is 0 Å². The molecule has 0 aliphatic carbocycles. The normalized spacial score (nSPS) is 16.9. The number of unbranched alkanes of at least 4 members (excludes halogenated alkanes) is 3. The van der Waals surface area contributed by atoms with Crippen LogP contribution in [0.3, 0.4) is 0 Å². The highest BCUT2D eigenvalue weighted by molar-refractivity contribution is 5.72. The molecular formula is C26H36N2O2.